The molecule has 1 N–H and O–H groups in total. The third-order valence-electron chi connectivity index (χ3n) is 1.77. The number of rotatable bonds is 4. The van der Waals surface area contributed by atoms with Gasteiger partial charge in [-0.1, -0.05) is 17.5 Å². The van der Waals surface area contributed by atoms with Crippen LogP contribution in [0.1, 0.15) is 10.4 Å². The van der Waals surface area contributed by atoms with Crippen LogP contribution >= 0.6 is 11.6 Å². The molecule has 0 aromatic heterocycles. The lowest BCUT2D eigenvalue weighted by atomic mass is 10.2. The van der Waals surface area contributed by atoms with Crippen LogP contribution in [0.25, 0.3) is 0 Å². The molecule has 0 atom stereocenters. The summed E-state index contributed by atoms with van der Waals surface area (Å²) >= 11 is 5.74. The highest BCUT2D eigenvalue weighted by atomic mass is 35.5. The fraction of sp³-hybridized carbons (Fsp3) is 0.182. The number of aromatic carboxylic acids is 1. The van der Waals surface area contributed by atoms with E-state index in [0.29, 0.717) is 0 Å². The number of benzene rings is 1. The van der Waals surface area contributed by atoms with Crippen molar-refractivity contribution in [1.29, 1.82) is 0 Å². The summed E-state index contributed by atoms with van der Waals surface area (Å²) in [5.41, 5.74) is -0.0837. The number of carboxylic acid groups (broad SMARTS) is 1. The molecule has 1 rings (SSSR count). The fourth-order valence-electron chi connectivity index (χ4n) is 1.14. The highest BCUT2D eigenvalue weighted by Crippen LogP contribution is 2.34. The minimum absolute atomic E-state index is 0.0434. The number of hydrogen-bond donors (Lipinski definition) is 1. The lowest BCUT2D eigenvalue weighted by Gasteiger charge is -2.11. The van der Waals surface area contributed by atoms with Gasteiger partial charge < -0.3 is 14.6 Å². The molecule has 0 amide bonds. The number of methoxy groups -OCH3 is 1. The molecule has 0 radical (unpaired) electrons. The van der Waals surface area contributed by atoms with Gasteiger partial charge in [0.05, 0.1) is 7.11 Å². The quantitative estimate of drug-likeness (QED) is 0.819. The van der Waals surface area contributed by atoms with E-state index in [1.54, 1.807) is 0 Å². The Hall–Kier alpha value is -1.86. The molecule has 0 heterocycles. The van der Waals surface area contributed by atoms with Crippen LogP contribution in [0.5, 0.6) is 11.5 Å². The van der Waals surface area contributed by atoms with Crippen molar-refractivity contribution < 1.29 is 19.4 Å². The van der Waals surface area contributed by atoms with Crippen LogP contribution in [0.2, 0.25) is 5.02 Å². The molecule has 0 aliphatic carbocycles. The van der Waals surface area contributed by atoms with E-state index < -0.39 is 5.97 Å². The van der Waals surface area contributed by atoms with E-state index in [-0.39, 0.29) is 28.7 Å². The highest BCUT2D eigenvalue weighted by Gasteiger charge is 2.17. The van der Waals surface area contributed by atoms with E-state index >= 15 is 0 Å². The third-order valence-corrected chi connectivity index (χ3v) is 1.99. The van der Waals surface area contributed by atoms with Crippen molar-refractivity contribution in [1.82, 2.24) is 0 Å². The Labute approximate surface area is 97.7 Å². The average Bonchev–Trinajstić information content (AvgIpc) is 2.26. The molecule has 5 heteroatoms. The number of ether oxygens (including phenoxy) is 2. The van der Waals surface area contributed by atoms with Crippen molar-refractivity contribution in [3.63, 3.8) is 0 Å². The summed E-state index contributed by atoms with van der Waals surface area (Å²) in [4.78, 5) is 11.0. The van der Waals surface area contributed by atoms with Crippen LogP contribution in [0.4, 0.5) is 0 Å². The van der Waals surface area contributed by atoms with E-state index in [2.05, 4.69) is 5.92 Å². The molecular weight excluding hydrogens is 232 g/mol. The van der Waals surface area contributed by atoms with E-state index in [0.717, 1.165) is 0 Å². The number of carboxylic acids is 1. The molecule has 0 unspecified atom stereocenters. The molecule has 1 aromatic rings. The first-order valence-electron chi connectivity index (χ1n) is 4.27. The molecule has 0 bridgehead atoms. The largest absolute Gasteiger partial charge is 0.493 e. The van der Waals surface area contributed by atoms with E-state index in [1.807, 2.05) is 0 Å². The third kappa shape index (κ3) is 2.59. The Morgan fingerprint density at radius 3 is 2.81 bits per heavy atom. The Bertz CT molecular complexity index is 448. The average molecular weight is 241 g/mol. The molecular formula is C11H9ClO4. The summed E-state index contributed by atoms with van der Waals surface area (Å²) in [7, 11) is 1.39. The molecule has 0 spiro atoms. The van der Waals surface area contributed by atoms with Gasteiger partial charge in [-0.3, -0.25) is 0 Å². The SMILES string of the molecule is C#CCOc1c(OC)cc(Cl)cc1C(=O)O. The first-order chi connectivity index (χ1) is 7.60. The second-order valence-corrected chi connectivity index (χ2v) is 3.22. The number of carbonyl (C=O) groups is 1. The van der Waals surface area contributed by atoms with Gasteiger partial charge in [-0.2, -0.15) is 0 Å². The van der Waals surface area contributed by atoms with Gasteiger partial charge in [0.15, 0.2) is 11.5 Å². The van der Waals surface area contributed by atoms with Crippen LogP contribution in [-0.2, 0) is 0 Å². The molecule has 0 saturated carbocycles. The first kappa shape index (κ1) is 12.2. The van der Waals surface area contributed by atoms with Crippen LogP contribution < -0.4 is 9.47 Å². The maximum atomic E-state index is 11.0. The Morgan fingerprint density at radius 1 is 1.62 bits per heavy atom. The van der Waals surface area contributed by atoms with Gasteiger partial charge in [0, 0.05) is 11.1 Å². The molecule has 84 valence electrons. The topological polar surface area (TPSA) is 55.8 Å². The van der Waals surface area contributed by atoms with E-state index in [9.17, 15) is 4.79 Å². The van der Waals surface area contributed by atoms with Crippen molar-refractivity contribution in [2.45, 2.75) is 0 Å². The summed E-state index contributed by atoms with van der Waals surface area (Å²) in [5, 5.41) is 9.22. The zero-order valence-electron chi connectivity index (χ0n) is 8.49. The second kappa shape index (κ2) is 5.29. The van der Waals surface area contributed by atoms with E-state index in [1.165, 1.54) is 19.2 Å². The van der Waals surface area contributed by atoms with Crippen molar-refractivity contribution in [2.24, 2.45) is 0 Å². The smallest absolute Gasteiger partial charge is 0.339 e. The van der Waals surface area contributed by atoms with Crippen LogP contribution in [-0.4, -0.2) is 24.8 Å². The molecule has 1 aromatic carbocycles. The zero-order valence-corrected chi connectivity index (χ0v) is 9.25. The van der Waals surface area contributed by atoms with Gasteiger partial charge >= 0.3 is 5.97 Å². The standard InChI is InChI=1S/C11H9ClO4/c1-3-4-16-10-8(11(13)14)5-7(12)6-9(10)15-2/h1,5-6H,4H2,2H3,(H,13,14). The zero-order chi connectivity index (χ0) is 12.1. The minimum atomic E-state index is -1.16. The molecule has 4 nitrogen and oxygen atoms in total. The molecule has 0 saturated heterocycles. The van der Waals surface area contributed by atoms with Gasteiger partial charge in [-0.05, 0) is 6.07 Å². The van der Waals surface area contributed by atoms with Gasteiger partial charge in [0.2, 0.25) is 0 Å². The summed E-state index contributed by atoms with van der Waals surface area (Å²) < 4.78 is 10.1. The first-order valence-corrected chi connectivity index (χ1v) is 4.65. The lowest BCUT2D eigenvalue weighted by Crippen LogP contribution is -2.05. The summed E-state index contributed by atoms with van der Waals surface area (Å²) in [6, 6.07) is 2.73. The van der Waals surface area contributed by atoms with Crippen molar-refractivity contribution >= 4 is 17.6 Å². The van der Waals surface area contributed by atoms with Gasteiger partial charge in [-0.25, -0.2) is 4.79 Å². The van der Waals surface area contributed by atoms with Crippen LogP contribution in [0.3, 0.4) is 0 Å². The highest BCUT2D eigenvalue weighted by molar-refractivity contribution is 6.31. The predicted octanol–water partition coefficient (Wildman–Crippen LogP) is 2.06. The van der Waals surface area contributed by atoms with E-state index in [4.69, 9.17) is 32.6 Å². The number of terminal acetylenes is 1. The second-order valence-electron chi connectivity index (χ2n) is 2.78. The van der Waals surface area contributed by atoms with Gasteiger partial charge in [0.1, 0.15) is 12.2 Å². The molecule has 0 fully saturated rings. The Kier molecular flexibility index (Phi) is 4.03. The van der Waals surface area contributed by atoms with Crippen molar-refractivity contribution in [3.05, 3.63) is 22.7 Å². The van der Waals surface area contributed by atoms with Crippen LogP contribution in [0.15, 0.2) is 12.1 Å². The fourth-order valence-corrected chi connectivity index (χ4v) is 1.35. The minimum Gasteiger partial charge on any atom is -0.493 e. The normalized spacial score (nSPS) is 9.31. The molecule has 0 aliphatic heterocycles. The Balaban J connectivity index is 3.28. The lowest BCUT2D eigenvalue weighted by molar-refractivity contribution is 0.0692. The maximum absolute atomic E-state index is 11.0. The van der Waals surface area contributed by atoms with Gasteiger partial charge in [-0.15, -0.1) is 6.42 Å². The maximum Gasteiger partial charge on any atom is 0.339 e. The molecule has 0 aliphatic rings. The monoisotopic (exact) mass is 240 g/mol. The van der Waals surface area contributed by atoms with Gasteiger partial charge in [0.25, 0.3) is 0 Å². The van der Waals surface area contributed by atoms with Crippen molar-refractivity contribution in [3.8, 4) is 23.8 Å². The Morgan fingerprint density at radius 2 is 2.31 bits per heavy atom. The van der Waals surface area contributed by atoms with Crippen LogP contribution in [0, 0.1) is 12.3 Å². The predicted molar refractivity (Wildman–Crippen MR) is 59.3 cm³/mol. The summed E-state index contributed by atoms with van der Waals surface area (Å²) in [6.07, 6.45) is 5.03. The number of halogens is 1. The van der Waals surface area contributed by atoms with Crippen molar-refractivity contribution in [2.75, 3.05) is 13.7 Å². The summed E-state index contributed by atoms with van der Waals surface area (Å²) in [6.45, 7) is -0.0434. The molecule has 16 heavy (non-hydrogen) atoms. The summed E-state index contributed by atoms with van der Waals surface area (Å²) in [5.74, 6) is 1.40. The number of hydrogen-bond acceptors (Lipinski definition) is 3.